The number of nitrogens with zero attached hydrogens (tertiary/aromatic N) is 2. The van der Waals surface area contributed by atoms with Crippen molar-refractivity contribution in [1.29, 1.82) is 0 Å². The van der Waals surface area contributed by atoms with E-state index in [2.05, 4.69) is 27.9 Å². The number of benzene rings is 1. The number of hydrogen-bond donors (Lipinski definition) is 2. The van der Waals surface area contributed by atoms with Gasteiger partial charge in [0.1, 0.15) is 0 Å². The van der Waals surface area contributed by atoms with Gasteiger partial charge in [-0.05, 0) is 12.1 Å². The van der Waals surface area contributed by atoms with Gasteiger partial charge < -0.3 is 10.6 Å². The zero-order valence-electron chi connectivity index (χ0n) is 11.7. The lowest BCUT2D eigenvalue weighted by atomic mass is 10.2. The summed E-state index contributed by atoms with van der Waals surface area (Å²) in [6.45, 7) is 4.29. The molecule has 0 aliphatic rings. The van der Waals surface area contributed by atoms with Crippen molar-refractivity contribution < 1.29 is 4.79 Å². The van der Waals surface area contributed by atoms with Gasteiger partial charge in [0.2, 0.25) is 5.91 Å². The Morgan fingerprint density at radius 2 is 2.10 bits per heavy atom. The highest BCUT2D eigenvalue weighted by Crippen LogP contribution is 2.08. The van der Waals surface area contributed by atoms with Crippen LogP contribution in [0.4, 0.5) is 5.69 Å². The molecule has 1 aromatic heterocycles. The second-order valence-corrected chi connectivity index (χ2v) is 4.56. The van der Waals surface area contributed by atoms with Crippen molar-refractivity contribution in [1.82, 2.24) is 15.1 Å². The summed E-state index contributed by atoms with van der Waals surface area (Å²) in [5.74, 6) is 0.00483. The van der Waals surface area contributed by atoms with Crippen LogP contribution in [0.15, 0.2) is 42.7 Å². The van der Waals surface area contributed by atoms with Crippen LogP contribution in [-0.4, -0.2) is 28.8 Å². The molecule has 5 heteroatoms. The average Bonchev–Trinajstić information content (AvgIpc) is 2.87. The van der Waals surface area contributed by atoms with Crippen LogP contribution in [0.5, 0.6) is 0 Å². The number of carbonyl (C=O) groups excluding carboxylic acids is 1. The Kier molecular flexibility index (Phi) is 5.32. The molecule has 0 aliphatic heterocycles. The number of carbonyl (C=O) groups is 1. The number of anilines is 1. The first kappa shape index (κ1) is 14.3. The Bertz CT molecular complexity index is 536. The fourth-order valence-electron chi connectivity index (χ4n) is 1.89. The fraction of sp³-hybridized carbons (Fsp3) is 0.333. The van der Waals surface area contributed by atoms with E-state index in [4.69, 9.17) is 0 Å². The van der Waals surface area contributed by atoms with E-state index < -0.39 is 0 Å². The number of hydrogen-bond acceptors (Lipinski definition) is 3. The molecule has 1 amide bonds. The lowest BCUT2D eigenvalue weighted by Crippen LogP contribution is -2.21. The third-order valence-electron chi connectivity index (χ3n) is 2.88. The van der Waals surface area contributed by atoms with Gasteiger partial charge in [-0.15, -0.1) is 0 Å². The SMILES string of the molecule is CCNCCC(=O)Nc1cnn(Cc2ccccc2)c1. The van der Waals surface area contributed by atoms with Gasteiger partial charge in [-0.2, -0.15) is 5.10 Å². The van der Waals surface area contributed by atoms with Crippen LogP contribution in [0.25, 0.3) is 0 Å². The second-order valence-electron chi connectivity index (χ2n) is 4.56. The number of nitrogens with one attached hydrogen (secondary N) is 2. The maximum absolute atomic E-state index is 11.7. The maximum Gasteiger partial charge on any atom is 0.225 e. The summed E-state index contributed by atoms with van der Waals surface area (Å²) in [6.07, 6.45) is 3.99. The quantitative estimate of drug-likeness (QED) is 0.756. The predicted octanol–water partition coefficient (Wildman–Crippen LogP) is 1.87. The van der Waals surface area contributed by atoms with Crippen LogP contribution in [0.2, 0.25) is 0 Å². The van der Waals surface area contributed by atoms with Crippen LogP contribution in [0.3, 0.4) is 0 Å². The first-order valence-electron chi connectivity index (χ1n) is 6.85. The smallest absolute Gasteiger partial charge is 0.225 e. The summed E-state index contributed by atoms with van der Waals surface area (Å²) in [6, 6.07) is 10.1. The van der Waals surface area contributed by atoms with Gasteiger partial charge in [0.25, 0.3) is 0 Å². The van der Waals surface area contributed by atoms with E-state index in [1.165, 1.54) is 5.56 Å². The van der Waals surface area contributed by atoms with Gasteiger partial charge in [0.15, 0.2) is 0 Å². The van der Waals surface area contributed by atoms with Crippen LogP contribution >= 0.6 is 0 Å². The predicted molar refractivity (Wildman–Crippen MR) is 79.6 cm³/mol. The summed E-state index contributed by atoms with van der Waals surface area (Å²) in [5, 5.41) is 10.2. The van der Waals surface area contributed by atoms with Gasteiger partial charge >= 0.3 is 0 Å². The zero-order chi connectivity index (χ0) is 14.2. The molecule has 0 saturated carbocycles. The molecule has 0 aliphatic carbocycles. The standard InChI is InChI=1S/C15H20N4O/c1-2-16-9-8-15(20)18-14-10-17-19(12-14)11-13-6-4-3-5-7-13/h3-7,10,12,16H,2,8-9,11H2,1H3,(H,18,20). The number of rotatable bonds is 7. The monoisotopic (exact) mass is 272 g/mol. The molecule has 1 aromatic carbocycles. The molecule has 20 heavy (non-hydrogen) atoms. The average molecular weight is 272 g/mol. The number of aromatic nitrogens is 2. The topological polar surface area (TPSA) is 59.0 Å². The van der Waals surface area contributed by atoms with Gasteiger partial charge in [-0.3, -0.25) is 9.48 Å². The number of amides is 1. The molecule has 2 N–H and O–H groups in total. The third-order valence-corrected chi connectivity index (χ3v) is 2.88. The summed E-state index contributed by atoms with van der Waals surface area (Å²) in [4.78, 5) is 11.7. The largest absolute Gasteiger partial charge is 0.323 e. The lowest BCUT2D eigenvalue weighted by Gasteiger charge is -2.03. The molecule has 5 nitrogen and oxygen atoms in total. The van der Waals surface area contributed by atoms with Crippen molar-refractivity contribution in [2.45, 2.75) is 19.9 Å². The molecule has 0 unspecified atom stereocenters. The Hall–Kier alpha value is -2.14. The lowest BCUT2D eigenvalue weighted by molar-refractivity contribution is -0.116. The van der Waals surface area contributed by atoms with Crippen molar-refractivity contribution in [3.8, 4) is 0 Å². The maximum atomic E-state index is 11.7. The van der Waals surface area contributed by atoms with Crippen molar-refractivity contribution in [2.75, 3.05) is 18.4 Å². The van der Waals surface area contributed by atoms with Crippen molar-refractivity contribution in [2.24, 2.45) is 0 Å². The minimum atomic E-state index is 0.00483. The molecule has 2 rings (SSSR count). The van der Waals surface area contributed by atoms with Crippen LogP contribution in [0.1, 0.15) is 18.9 Å². The first-order chi connectivity index (χ1) is 9.78. The van der Waals surface area contributed by atoms with E-state index in [0.717, 1.165) is 12.2 Å². The zero-order valence-corrected chi connectivity index (χ0v) is 11.7. The molecular weight excluding hydrogens is 252 g/mol. The Labute approximate surface area is 119 Å². The minimum Gasteiger partial charge on any atom is -0.323 e. The van der Waals surface area contributed by atoms with Gasteiger partial charge in [0, 0.05) is 19.2 Å². The van der Waals surface area contributed by atoms with Crippen molar-refractivity contribution in [3.05, 3.63) is 48.3 Å². The highest BCUT2D eigenvalue weighted by molar-refractivity contribution is 5.90. The normalized spacial score (nSPS) is 10.4. The summed E-state index contributed by atoms with van der Waals surface area (Å²) >= 11 is 0. The fourth-order valence-corrected chi connectivity index (χ4v) is 1.89. The van der Waals surface area contributed by atoms with Crippen molar-refractivity contribution in [3.63, 3.8) is 0 Å². The van der Waals surface area contributed by atoms with Gasteiger partial charge in [-0.1, -0.05) is 37.3 Å². The summed E-state index contributed by atoms with van der Waals surface area (Å²) in [5.41, 5.74) is 1.92. The Morgan fingerprint density at radius 3 is 2.85 bits per heavy atom. The summed E-state index contributed by atoms with van der Waals surface area (Å²) in [7, 11) is 0. The third kappa shape index (κ3) is 4.51. The van der Waals surface area contributed by atoms with E-state index in [-0.39, 0.29) is 5.91 Å². The summed E-state index contributed by atoms with van der Waals surface area (Å²) < 4.78 is 1.81. The molecule has 0 radical (unpaired) electrons. The highest BCUT2D eigenvalue weighted by Gasteiger charge is 2.04. The molecule has 0 atom stereocenters. The second kappa shape index (κ2) is 7.45. The van der Waals surface area contributed by atoms with E-state index in [0.29, 0.717) is 19.5 Å². The highest BCUT2D eigenvalue weighted by atomic mass is 16.1. The molecule has 0 saturated heterocycles. The molecular formula is C15H20N4O. The van der Waals surface area contributed by atoms with E-state index in [9.17, 15) is 4.79 Å². The first-order valence-corrected chi connectivity index (χ1v) is 6.85. The van der Waals surface area contributed by atoms with Crippen LogP contribution in [0, 0.1) is 0 Å². The van der Waals surface area contributed by atoms with Gasteiger partial charge in [-0.25, -0.2) is 0 Å². The molecule has 0 bridgehead atoms. The molecule has 0 fully saturated rings. The van der Waals surface area contributed by atoms with Crippen molar-refractivity contribution >= 4 is 11.6 Å². The van der Waals surface area contributed by atoms with Crippen LogP contribution in [-0.2, 0) is 11.3 Å². The minimum absolute atomic E-state index is 0.00483. The van der Waals surface area contributed by atoms with Gasteiger partial charge in [0.05, 0.1) is 18.4 Å². The Morgan fingerprint density at radius 1 is 1.30 bits per heavy atom. The van der Waals surface area contributed by atoms with E-state index >= 15 is 0 Å². The molecule has 2 aromatic rings. The molecule has 1 heterocycles. The Balaban J connectivity index is 1.84. The molecule has 106 valence electrons. The molecule has 0 spiro atoms. The van der Waals surface area contributed by atoms with E-state index in [1.807, 2.05) is 36.0 Å². The van der Waals surface area contributed by atoms with Crippen LogP contribution < -0.4 is 10.6 Å². The van der Waals surface area contributed by atoms with E-state index in [1.54, 1.807) is 6.20 Å².